The van der Waals surface area contributed by atoms with Gasteiger partial charge in [-0.05, 0) is 105 Å². The Hall–Kier alpha value is -9.13. The van der Waals surface area contributed by atoms with Crippen molar-refractivity contribution in [1.29, 1.82) is 0 Å². The third kappa shape index (κ3) is 7.62. The Morgan fingerprint density at radius 1 is 0.284 bits per heavy atom. The van der Waals surface area contributed by atoms with Gasteiger partial charge in [-0.25, -0.2) is 24.9 Å². The molecule has 0 radical (unpaired) electrons. The molecule has 0 amide bonds. The molecule has 12 rings (SSSR count). The van der Waals surface area contributed by atoms with E-state index < -0.39 is 0 Å². The minimum Gasteiger partial charge on any atom is -0.309 e. The number of benzene rings is 9. The number of nitrogens with zero attached hydrogens (tertiary/aromatic N) is 6. The molecule has 0 saturated carbocycles. The van der Waals surface area contributed by atoms with Gasteiger partial charge in [0.1, 0.15) is 0 Å². The Kier molecular flexibility index (Phi) is 10.1. The number of hydrogen-bond donors (Lipinski definition) is 0. The Balaban J connectivity index is 1.00. The van der Waals surface area contributed by atoms with Crippen molar-refractivity contribution in [3.63, 3.8) is 0 Å². The zero-order valence-corrected chi connectivity index (χ0v) is 36.3. The van der Waals surface area contributed by atoms with Crippen molar-refractivity contribution in [2.45, 2.75) is 0 Å². The van der Waals surface area contributed by atoms with Crippen LogP contribution < -0.4 is 0 Å². The Labute approximate surface area is 388 Å². The molecule has 0 fully saturated rings. The fourth-order valence-electron chi connectivity index (χ4n) is 9.11. The van der Waals surface area contributed by atoms with E-state index in [0.717, 1.165) is 94.4 Å². The van der Waals surface area contributed by atoms with Gasteiger partial charge in [0.05, 0.1) is 16.7 Å². The van der Waals surface area contributed by atoms with Gasteiger partial charge in [0.2, 0.25) is 5.82 Å². The quantitative estimate of drug-likeness (QED) is 0.145. The van der Waals surface area contributed by atoms with Crippen molar-refractivity contribution >= 4 is 21.8 Å². The van der Waals surface area contributed by atoms with Gasteiger partial charge >= 0.3 is 0 Å². The first-order chi connectivity index (χ1) is 33.2. The van der Waals surface area contributed by atoms with Gasteiger partial charge in [-0.15, -0.1) is 0 Å². The van der Waals surface area contributed by atoms with E-state index in [2.05, 4.69) is 205 Å². The number of fused-ring (bicyclic) bond motifs is 3. The van der Waals surface area contributed by atoms with Crippen LogP contribution in [-0.4, -0.2) is 29.5 Å². The fourth-order valence-corrected chi connectivity index (χ4v) is 9.11. The summed E-state index contributed by atoms with van der Waals surface area (Å²) in [7, 11) is 0. The third-order valence-electron chi connectivity index (χ3n) is 12.3. The topological polar surface area (TPSA) is 69.4 Å². The van der Waals surface area contributed by atoms with Crippen molar-refractivity contribution in [3.05, 3.63) is 243 Å². The average Bonchev–Trinajstić information content (AvgIpc) is 3.76. The highest BCUT2D eigenvalue weighted by Crippen LogP contribution is 2.40. The van der Waals surface area contributed by atoms with E-state index in [4.69, 9.17) is 24.9 Å². The van der Waals surface area contributed by atoms with E-state index in [1.165, 1.54) is 0 Å². The van der Waals surface area contributed by atoms with Crippen LogP contribution in [0.2, 0.25) is 0 Å². The van der Waals surface area contributed by atoms with E-state index in [-0.39, 0.29) is 0 Å². The average molecular weight is 857 g/mol. The molecule has 0 aliphatic carbocycles. The summed E-state index contributed by atoms with van der Waals surface area (Å²) in [5.41, 5.74) is 15.8. The molecule has 9 aromatic carbocycles. The molecule has 0 unspecified atom stereocenters. The zero-order valence-electron chi connectivity index (χ0n) is 36.3. The van der Waals surface area contributed by atoms with E-state index in [1.54, 1.807) is 6.20 Å². The summed E-state index contributed by atoms with van der Waals surface area (Å²) in [4.78, 5) is 25.4. The molecule has 6 nitrogen and oxygen atoms in total. The standard InChI is InChI=1S/C61H40N6/c1-6-18-41(19-7-1)46-32-33-55-53(40-46)57-52(30-17-31-56(57)67(55)51-28-14-5-15-29-51)54-34-35-62-60(63-54)61-65-58(44-24-12-4-13-25-44)64-59(66-61)47-27-16-26-45(36-47)50-38-48(42-20-8-2-9-21-42)37-49(39-50)43-22-10-3-11-23-43/h1-40H. The maximum atomic E-state index is 5.27. The van der Waals surface area contributed by atoms with Crippen LogP contribution >= 0.6 is 0 Å². The number of rotatable bonds is 9. The lowest BCUT2D eigenvalue weighted by Crippen LogP contribution is -2.03. The van der Waals surface area contributed by atoms with E-state index in [1.807, 2.05) is 36.4 Å². The summed E-state index contributed by atoms with van der Waals surface area (Å²) >= 11 is 0. The van der Waals surface area contributed by atoms with Gasteiger partial charge < -0.3 is 4.57 Å². The fraction of sp³-hybridized carbons (Fsp3) is 0. The van der Waals surface area contributed by atoms with Crippen LogP contribution in [0.1, 0.15) is 0 Å². The molecule has 0 bridgehead atoms. The van der Waals surface area contributed by atoms with Gasteiger partial charge in [0.15, 0.2) is 17.5 Å². The summed E-state index contributed by atoms with van der Waals surface area (Å²) in [5, 5.41) is 2.24. The number of aromatic nitrogens is 6. The molecule has 3 aromatic heterocycles. The first-order valence-electron chi connectivity index (χ1n) is 22.4. The maximum absolute atomic E-state index is 5.27. The highest BCUT2D eigenvalue weighted by atomic mass is 15.1. The zero-order chi connectivity index (χ0) is 44.5. The summed E-state index contributed by atoms with van der Waals surface area (Å²) in [6, 6.07) is 82.5. The molecule has 0 spiro atoms. The lowest BCUT2D eigenvalue weighted by molar-refractivity contribution is 1.03. The van der Waals surface area contributed by atoms with E-state index in [0.29, 0.717) is 23.3 Å². The number of hydrogen-bond acceptors (Lipinski definition) is 5. The summed E-state index contributed by atoms with van der Waals surface area (Å²) in [6.45, 7) is 0. The minimum atomic E-state index is 0.388. The summed E-state index contributed by atoms with van der Waals surface area (Å²) in [5.74, 6) is 1.87. The predicted octanol–water partition coefficient (Wildman–Crippen LogP) is 15.1. The lowest BCUT2D eigenvalue weighted by atomic mass is 9.93. The second kappa shape index (κ2) is 17.1. The van der Waals surface area contributed by atoms with Crippen LogP contribution in [-0.2, 0) is 0 Å². The Morgan fingerprint density at radius 3 is 1.40 bits per heavy atom. The van der Waals surface area contributed by atoms with Crippen LogP contribution in [0.4, 0.5) is 0 Å². The highest BCUT2D eigenvalue weighted by molar-refractivity contribution is 6.16. The van der Waals surface area contributed by atoms with Crippen LogP contribution in [0.15, 0.2) is 243 Å². The molecule has 12 aromatic rings. The molecule has 3 heterocycles. The first kappa shape index (κ1) is 39.5. The minimum absolute atomic E-state index is 0.388. The molecule has 6 heteroatoms. The van der Waals surface area contributed by atoms with E-state index >= 15 is 0 Å². The van der Waals surface area contributed by atoms with Crippen LogP contribution in [0.3, 0.4) is 0 Å². The van der Waals surface area contributed by atoms with Crippen LogP contribution in [0.5, 0.6) is 0 Å². The lowest BCUT2D eigenvalue weighted by Gasteiger charge is -2.13. The Morgan fingerprint density at radius 2 is 0.761 bits per heavy atom. The van der Waals surface area contributed by atoms with Gasteiger partial charge in [0.25, 0.3) is 0 Å². The molecule has 0 atom stereocenters. The van der Waals surface area contributed by atoms with Gasteiger partial charge in [-0.3, -0.25) is 0 Å². The Bertz CT molecular complexity index is 3660. The summed E-state index contributed by atoms with van der Waals surface area (Å²) in [6.07, 6.45) is 1.80. The first-order valence-corrected chi connectivity index (χ1v) is 22.4. The highest BCUT2D eigenvalue weighted by Gasteiger charge is 2.20. The van der Waals surface area contributed by atoms with Crippen molar-refractivity contribution in [2.75, 3.05) is 0 Å². The van der Waals surface area contributed by atoms with Crippen molar-refractivity contribution < 1.29 is 0 Å². The second-order valence-electron chi connectivity index (χ2n) is 16.5. The van der Waals surface area contributed by atoms with Crippen LogP contribution in [0.25, 0.3) is 118 Å². The van der Waals surface area contributed by atoms with Gasteiger partial charge in [0, 0.05) is 39.3 Å². The number of para-hydroxylation sites is 1. The van der Waals surface area contributed by atoms with Crippen LogP contribution in [0, 0.1) is 0 Å². The van der Waals surface area contributed by atoms with Gasteiger partial charge in [-0.1, -0.05) is 176 Å². The smallest absolute Gasteiger partial charge is 0.201 e. The molecule has 67 heavy (non-hydrogen) atoms. The molecule has 0 saturated heterocycles. The second-order valence-corrected chi connectivity index (χ2v) is 16.5. The van der Waals surface area contributed by atoms with Crippen molar-refractivity contribution in [2.24, 2.45) is 0 Å². The normalized spacial score (nSPS) is 11.3. The molecule has 0 aliphatic heterocycles. The maximum Gasteiger partial charge on any atom is 0.201 e. The SMILES string of the molecule is c1ccc(-c2cc(-c3ccccc3)cc(-c3cccc(-c4nc(-c5ccccc5)nc(-c5nccc(-c6cccc7c6c6cc(-c8ccccc8)ccc6n7-c6ccccc6)n5)n4)c3)c2)cc1. The molecular weight excluding hydrogens is 817 g/mol. The molecule has 314 valence electrons. The van der Waals surface area contributed by atoms with Gasteiger partial charge in [-0.2, -0.15) is 0 Å². The third-order valence-corrected chi connectivity index (χ3v) is 12.3. The van der Waals surface area contributed by atoms with E-state index in [9.17, 15) is 0 Å². The predicted molar refractivity (Wildman–Crippen MR) is 273 cm³/mol. The monoisotopic (exact) mass is 856 g/mol. The largest absolute Gasteiger partial charge is 0.309 e. The molecular formula is C61H40N6. The summed E-state index contributed by atoms with van der Waals surface area (Å²) < 4.78 is 2.34. The molecule has 0 N–H and O–H groups in total. The molecule has 0 aliphatic rings. The van der Waals surface area contributed by atoms with Crippen molar-refractivity contribution in [1.82, 2.24) is 29.5 Å². The van der Waals surface area contributed by atoms with Crippen molar-refractivity contribution in [3.8, 4) is 95.9 Å².